The first-order valence-corrected chi connectivity index (χ1v) is 7.41. The topological polar surface area (TPSA) is 21.3 Å². The molecule has 0 saturated carbocycles. The molecule has 5 heteroatoms. The van der Waals surface area contributed by atoms with Gasteiger partial charge in [-0.3, -0.25) is 0 Å². The highest BCUT2D eigenvalue weighted by atomic mass is 35.5. The van der Waals surface area contributed by atoms with Crippen molar-refractivity contribution in [3.05, 3.63) is 20.3 Å². The van der Waals surface area contributed by atoms with Crippen LogP contribution < -0.4 is 5.32 Å². The molecular weight excluding hydrogens is 277 g/mol. The van der Waals surface area contributed by atoms with Crippen LogP contribution in [0.3, 0.4) is 0 Å². The molecule has 0 radical (unpaired) electrons. The molecule has 1 rings (SSSR count). The summed E-state index contributed by atoms with van der Waals surface area (Å²) in [5, 5.41) is 3.43. The molecule has 1 atom stereocenters. The molecule has 1 aromatic rings. The van der Waals surface area contributed by atoms with Gasteiger partial charge in [0.25, 0.3) is 0 Å². The SMILES string of the molecule is CCCNC(COC(C)C)c1cc(Cl)sc1Cl. The summed E-state index contributed by atoms with van der Waals surface area (Å²) in [5.74, 6) is 0. The summed E-state index contributed by atoms with van der Waals surface area (Å²) in [6.07, 6.45) is 1.29. The Bertz CT molecular complexity index is 341. The quantitative estimate of drug-likeness (QED) is 0.798. The molecule has 0 amide bonds. The van der Waals surface area contributed by atoms with Crippen molar-refractivity contribution in [3.8, 4) is 0 Å². The van der Waals surface area contributed by atoms with E-state index in [2.05, 4.69) is 12.2 Å². The minimum atomic E-state index is 0.119. The fourth-order valence-corrected chi connectivity index (χ4v) is 3.04. The zero-order valence-electron chi connectivity index (χ0n) is 10.4. The molecule has 0 spiro atoms. The first-order valence-electron chi connectivity index (χ1n) is 5.84. The maximum atomic E-state index is 6.17. The summed E-state index contributed by atoms with van der Waals surface area (Å²) in [4.78, 5) is 0. The largest absolute Gasteiger partial charge is 0.377 e. The second-order valence-corrected chi connectivity index (χ2v) is 6.45. The second kappa shape index (κ2) is 7.59. The zero-order chi connectivity index (χ0) is 12.8. The van der Waals surface area contributed by atoms with Crippen LogP contribution in [0.1, 0.15) is 38.8 Å². The minimum Gasteiger partial charge on any atom is -0.377 e. The summed E-state index contributed by atoms with van der Waals surface area (Å²) in [7, 11) is 0. The Labute approximate surface area is 117 Å². The lowest BCUT2D eigenvalue weighted by molar-refractivity contribution is 0.0612. The van der Waals surface area contributed by atoms with Crippen LogP contribution in [0.5, 0.6) is 0 Å². The van der Waals surface area contributed by atoms with Gasteiger partial charge in [0.05, 0.1) is 27.4 Å². The highest BCUT2D eigenvalue weighted by molar-refractivity contribution is 7.20. The molecule has 1 aromatic heterocycles. The molecule has 1 N–H and O–H groups in total. The third-order valence-corrected chi connectivity index (χ3v) is 3.81. The molecule has 98 valence electrons. The van der Waals surface area contributed by atoms with Crippen molar-refractivity contribution >= 4 is 34.5 Å². The van der Waals surface area contributed by atoms with E-state index in [0.29, 0.717) is 6.61 Å². The highest BCUT2D eigenvalue weighted by Gasteiger charge is 2.17. The van der Waals surface area contributed by atoms with Crippen LogP contribution in [0, 0.1) is 0 Å². The highest BCUT2D eigenvalue weighted by Crippen LogP contribution is 2.35. The van der Waals surface area contributed by atoms with Crippen molar-refractivity contribution in [2.75, 3.05) is 13.2 Å². The van der Waals surface area contributed by atoms with E-state index >= 15 is 0 Å². The summed E-state index contributed by atoms with van der Waals surface area (Å²) >= 11 is 13.5. The monoisotopic (exact) mass is 295 g/mol. The molecule has 1 unspecified atom stereocenters. The van der Waals surface area contributed by atoms with E-state index in [-0.39, 0.29) is 12.1 Å². The molecule has 0 saturated heterocycles. The number of hydrogen-bond donors (Lipinski definition) is 1. The number of rotatable bonds is 7. The molecule has 2 nitrogen and oxygen atoms in total. The van der Waals surface area contributed by atoms with Gasteiger partial charge in [0, 0.05) is 5.56 Å². The van der Waals surface area contributed by atoms with Crippen molar-refractivity contribution < 1.29 is 4.74 Å². The van der Waals surface area contributed by atoms with Gasteiger partial charge < -0.3 is 10.1 Å². The van der Waals surface area contributed by atoms with Gasteiger partial charge in [-0.05, 0) is 32.9 Å². The van der Waals surface area contributed by atoms with Crippen molar-refractivity contribution in [2.24, 2.45) is 0 Å². The number of ether oxygens (including phenoxy) is 1. The Kier molecular flexibility index (Phi) is 6.82. The molecule has 0 aromatic carbocycles. The van der Waals surface area contributed by atoms with Crippen LogP contribution >= 0.6 is 34.5 Å². The van der Waals surface area contributed by atoms with E-state index in [1.807, 2.05) is 19.9 Å². The van der Waals surface area contributed by atoms with Crippen LogP contribution in [-0.4, -0.2) is 19.3 Å². The van der Waals surface area contributed by atoms with Crippen molar-refractivity contribution in [1.29, 1.82) is 0 Å². The Morgan fingerprint density at radius 3 is 2.59 bits per heavy atom. The fourth-order valence-electron chi connectivity index (χ4n) is 1.46. The number of thiophene rings is 1. The first-order chi connectivity index (χ1) is 8.04. The van der Waals surface area contributed by atoms with Crippen molar-refractivity contribution in [2.45, 2.75) is 39.3 Å². The Balaban J connectivity index is 2.70. The van der Waals surface area contributed by atoms with Gasteiger partial charge in [0.1, 0.15) is 0 Å². The molecule has 0 aliphatic carbocycles. The van der Waals surface area contributed by atoms with Gasteiger partial charge in [-0.15, -0.1) is 11.3 Å². The molecule has 17 heavy (non-hydrogen) atoms. The van der Waals surface area contributed by atoms with Gasteiger partial charge >= 0.3 is 0 Å². The van der Waals surface area contributed by atoms with Crippen LogP contribution in [0.25, 0.3) is 0 Å². The van der Waals surface area contributed by atoms with Gasteiger partial charge in [-0.2, -0.15) is 0 Å². The Hall–Kier alpha value is 0.200. The lowest BCUT2D eigenvalue weighted by atomic mass is 10.1. The zero-order valence-corrected chi connectivity index (χ0v) is 12.8. The summed E-state index contributed by atoms with van der Waals surface area (Å²) in [6, 6.07) is 2.04. The lowest BCUT2D eigenvalue weighted by Gasteiger charge is -2.19. The first kappa shape index (κ1) is 15.3. The number of hydrogen-bond acceptors (Lipinski definition) is 3. The Morgan fingerprint density at radius 1 is 1.41 bits per heavy atom. The van der Waals surface area contributed by atoms with Crippen LogP contribution in [0.4, 0.5) is 0 Å². The van der Waals surface area contributed by atoms with Gasteiger partial charge in [0.15, 0.2) is 0 Å². The normalized spacial score (nSPS) is 13.3. The van der Waals surface area contributed by atoms with Crippen LogP contribution in [-0.2, 0) is 4.74 Å². The Morgan fingerprint density at radius 2 is 2.12 bits per heavy atom. The maximum absolute atomic E-state index is 6.17. The fraction of sp³-hybridized carbons (Fsp3) is 0.667. The summed E-state index contributed by atoms with van der Waals surface area (Å²) in [6.45, 7) is 7.74. The molecular formula is C12H19Cl2NOS. The smallest absolute Gasteiger partial charge is 0.0992 e. The summed E-state index contributed by atoms with van der Waals surface area (Å²) in [5.41, 5.74) is 1.04. The van der Waals surface area contributed by atoms with Crippen molar-refractivity contribution in [3.63, 3.8) is 0 Å². The molecule has 0 aliphatic rings. The van der Waals surface area contributed by atoms with Gasteiger partial charge in [-0.1, -0.05) is 30.1 Å². The average molecular weight is 296 g/mol. The van der Waals surface area contributed by atoms with E-state index in [1.165, 1.54) is 11.3 Å². The average Bonchev–Trinajstić information content (AvgIpc) is 2.58. The lowest BCUT2D eigenvalue weighted by Crippen LogP contribution is -2.27. The predicted octanol–water partition coefficient (Wildman–Crippen LogP) is 4.52. The maximum Gasteiger partial charge on any atom is 0.0992 e. The minimum absolute atomic E-state index is 0.119. The second-order valence-electron chi connectivity index (χ2n) is 4.17. The van der Waals surface area contributed by atoms with Gasteiger partial charge in [0.2, 0.25) is 0 Å². The third kappa shape index (κ3) is 5.14. The predicted molar refractivity (Wildman–Crippen MR) is 76.5 cm³/mol. The molecule has 0 fully saturated rings. The van der Waals surface area contributed by atoms with E-state index in [1.54, 1.807) is 0 Å². The van der Waals surface area contributed by atoms with E-state index in [4.69, 9.17) is 27.9 Å². The standard InChI is InChI=1S/C12H19Cl2NOS/c1-4-5-15-10(7-16-8(2)3)9-6-11(13)17-12(9)14/h6,8,10,15H,4-5,7H2,1-3H3. The molecule has 0 bridgehead atoms. The van der Waals surface area contributed by atoms with E-state index < -0.39 is 0 Å². The van der Waals surface area contributed by atoms with Gasteiger partial charge in [-0.25, -0.2) is 0 Å². The molecule has 0 aliphatic heterocycles. The van der Waals surface area contributed by atoms with Crippen molar-refractivity contribution in [1.82, 2.24) is 5.32 Å². The summed E-state index contributed by atoms with van der Waals surface area (Å²) < 4.78 is 7.13. The van der Waals surface area contributed by atoms with E-state index in [9.17, 15) is 0 Å². The number of nitrogens with one attached hydrogen (secondary N) is 1. The van der Waals surface area contributed by atoms with Crippen LogP contribution in [0.2, 0.25) is 8.67 Å². The van der Waals surface area contributed by atoms with Crippen LogP contribution in [0.15, 0.2) is 6.07 Å². The molecule has 1 heterocycles. The number of halogens is 2. The third-order valence-electron chi connectivity index (χ3n) is 2.30. The van der Waals surface area contributed by atoms with E-state index in [0.717, 1.165) is 27.2 Å².